The van der Waals surface area contributed by atoms with Gasteiger partial charge in [-0.1, -0.05) is 30.3 Å². The maximum Gasteiger partial charge on any atom is 0.251 e. The summed E-state index contributed by atoms with van der Waals surface area (Å²) in [5.41, 5.74) is 1.10. The first-order chi connectivity index (χ1) is 12.8. The van der Waals surface area contributed by atoms with Gasteiger partial charge in [0.15, 0.2) is 9.84 Å². The highest BCUT2D eigenvalue weighted by Gasteiger charge is 2.29. The number of carbonyl (C=O) groups is 1. The highest BCUT2D eigenvalue weighted by atomic mass is 32.2. The Morgan fingerprint density at radius 3 is 2.30 bits per heavy atom. The molecule has 1 unspecified atom stereocenters. The molecule has 2 N–H and O–H groups in total. The van der Waals surface area contributed by atoms with Crippen molar-refractivity contribution in [3.05, 3.63) is 65.7 Å². The Hall–Kier alpha value is -2.23. The van der Waals surface area contributed by atoms with Crippen molar-refractivity contribution in [2.45, 2.75) is 23.9 Å². The number of carbonyl (C=O) groups excluding carboxylic acids is 1. The molecule has 1 atom stereocenters. The molecule has 2 aromatic carbocycles. The highest BCUT2D eigenvalue weighted by Crippen LogP contribution is 2.13. The topological polar surface area (TPSA) is 109 Å². The monoisotopic (exact) mass is 408 g/mol. The van der Waals surface area contributed by atoms with E-state index < -0.39 is 19.9 Å². The number of nitrogens with one attached hydrogen (secondary N) is 2. The summed E-state index contributed by atoms with van der Waals surface area (Å²) in [4.78, 5) is 12.4. The van der Waals surface area contributed by atoms with Crippen molar-refractivity contribution in [2.75, 3.05) is 11.5 Å². The zero-order valence-electron chi connectivity index (χ0n) is 14.5. The summed E-state index contributed by atoms with van der Waals surface area (Å²) in [7, 11) is -6.65. The summed E-state index contributed by atoms with van der Waals surface area (Å²) in [6, 6.07) is 14.2. The predicted octanol–water partition coefficient (Wildman–Crippen LogP) is 1.08. The lowest BCUT2D eigenvalue weighted by Gasteiger charge is -2.11. The van der Waals surface area contributed by atoms with E-state index in [4.69, 9.17) is 0 Å². The van der Waals surface area contributed by atoms with Crippen molar-refractivity contribution in [1.82, 2.24) is 10.0 Å². The molecule has 27 heavy (non-hydrogen) atoms. The smallest absolute Gasteiger partial charge is 0.251 e. The third-order valence-electron chi connectivity index (χ3n) is 4.30. The van der Waals surface area contributed by atoms with Gasteiger partial charge >= 0.3 is 0 Å². The number of amides is 1. The van der Waals surface area contributed by atoms with Crippen LogP contribution in [0.5, 0.6) is 0 Å². The normalized spacial score (nSPS) is 18.9. The van der Waals surface area contributed by atoms with Crippen molar-refractivity contribution in [3.8, 4) is 0 Å². The lowest BCUT2D eigenvalue weighted by Crippen LogP contribution is -2.35. The molecule has 144 valence electrons. The minimum Gasteiger partial charge on any atom is -0.348 e. The first-order valence-electron chi connectivity index (χ1n) is 8.40. The second kappa shape index (κ2) is 7.79. The Bertz CT molecular complexity index is 1020. The van der Waals surface area contributed by atoms with E-state index in [1.807, 2.05) is 0 Å². The van der Waals surface area contributed by atoms with Crippen LogP contribution in [0.3, 0.4) is 0 Å². The lowest BCUT2D eigenvalue weighted by atomic mass is 10.1. The van der Waals surface area contributed by atoms with Crippen LogP contribution in [0.15, 0.2) is 59.5 Å². The first-order valence-corrected chi connectivity index (χ1v) is 11.7. The third-order valence-corrected chi connectivity index (χ3v) is 7.49. The van der Waals surface area contributed by atoms with E-state index in [9.17, 15) is 21.6 Å². The fourth-order valence-electron chi connectivity index (χ4n) is 2.81. The van der Waals surface area contributed by atoms with Crippen LogP contribution in [-0.2, 0) is 26.4 Å². The van der Waals surface area contributed by atoms with Crippen molar-refractivity contribution in [1.29, 1.82) is 0 Å². The maximum absolute atomic E-state index is 12.2. The van der Waals surface area contributed by atoms with E-state index >= 15 is 0 Å². The molecule has 1 heterocycles. The van der Waals surface area contributed by atoms with Gasteiger partial charge in [0.25, 0.3) is 5.91 Å². The second-order valence-electron chi connectivity index (χ2n) is 6.41. The number of rotatable bonds is 6. The quantitative estimate of drug-likeness (QED) is 0.743. The first kappa shape index (κ1) is 19.5. The van der Waals surface area contributed by atoms with Crippen LogP contribution in [0.1, 0.15) is 22.3 Å². The van der Waals surface area contributed by atoms with Gasteiger partial charge in [-0.25, -0.2) is 21.6 Å². The summed E-state index contributed by atoms with van der Waals surface area (Å²) in [5, 5.41) is 2.72. The van der Waals surface area contributed by atoms with E-state index in [0.717, 1.165) is 0 Å². The van der Waals surface area contributed by atoms with Crippen LogP contribution >= 0.6 is 0 Å². The molecule has 1 amide bonds. The van der Waals surface area contributed by atoms with E-state index in [-0.39, 0.29) is 34.9 Å². The standard InChI is InChI=1S/C18H20N2O5S2/c21-18(20-16-10-11-26(22,23)13-16)15-8-6-14(7-9-15)12-19-27(24,25)17-4-2-1-3-5-17/h1-9,16,19H,10-13H2,(H,20,21). The molecular weight excluding hydrogens is 388 g/mol. The lowest BCUT2D eigenvalue weighted by molar-refractivity contribution is 0.0941. The van der Waals surface area contributed by atoms with Crippen molar-refractivity contribution in [3.63, 3.8) is 0 Å². The predicted molar refractivity (Wildman–Crippen MR) is 101 cm³/mol. The summed E-state index contributed by atoms with van der Waals surface area (Å²) in [6.45, 7) is 0.0972. The van der Waals surface area contributed by atoms with E-state index in [1.54, 1.807) is 42.5 Å². The highest BCUT2D eigenvalue weighted by molar-refractivity contribution is 7.91. The number of sulfonamides is 1. The third kappa shape index (κ3) is 5.15. The average molecular weight is 409 g/mol. The van der Waals surface area contributed by atoms with Crippen LogP contribution in [0.4, 0.5) is 0 Å². The van der Waals surface area contributed by atoms with Crippen LogP contribution in [-0.4, -0.2) is 40.3 Å². The van der Waals surface area contributed by atoms with Crippen molar-refractivity contribution in [2.24, 2.45) is 0 Å². The molecule has 9 heteroatoms. The van der Waals surface area contributed by atoms with Gasteiger partial charge < -0.3 is 5.32 Å². The largest absolute Gasteiger partial charge is 0.348 e. The van der Waals surface area contributed by atoms with Crippen LogP contribution in [0.2, 0.25) is 0 Å². The molecule has 7 nitrogen and oxygen atoms in total. The molecule has 1 saturated heterocycles. The average Bonchev–Trinajstić information content (AvgIpc) is 2.99. The van der Waals surface area contributed by atoms with Gasteiger partial charge in [-0.15, -0.1) is 0 Å². The Balaban J connectivity index is 1.58. The Morgan fingerprint density at radius 1 is 1.04 bits per heavy atom. The molecule has 0 spiro atoms. The van der Waals surface area contributed by atoms with Crippen molar-refractivity contribution >= 4 is 25.8 Å². The van der Waals surface area contributed by atoms with Gasteiger partial charge in [-0.2, -0.15) is 0 Å². The fourth-order valence-corrected chi connectivity index (χ4v) is 5.53. The minimum absolute atomic E-state index is 0.0297. The zero-order chi connectivity index (χ0) is 19.5. The summed E-state index contributed by atoms with van der Waals surface area (Å²) < 4.78 is 49.8. The zero-order valence-corrected chi connectivity index (χ0v) is 16.1. The Morgan fingerprint density at radius 2 is 1.70 bits per heavy atom. The molecule has 0 saturated carbocycles. The van der Waals surface area contributed by atoms with Gasteiger partial charge in [0.05, 0.1) is 16.4 Å². The molecule has 1 aliphatic rings. The molecule has 0 bridgehead atoms. The van der Waals surface area contributed by atoms with Crippen molar-refractivity contribution < 1.29 is 21.6 Å². The number of hydrogen-bond donors (Lipinski definition) is 2. The number of sulfone groups is 1. The van der Waals surface area contributed by atoms with Gasteiger partial charge in [-0.3, -0.25) is 4.79 Å². The molecule has 0 aliphatic carbocycles. The minimum atomic E-state index is -3.60. The molecule has 3 rings (SSSR count). The Labute approximate surface area is 158 Å². The number of hydrogen-bond acceptors (Lipinski definition) is 5. The van der Waals surface area contributed by atoms with Gasteiger partial charge in [0.1, 0.15) is 0 Å². The van der Waals surface area contributed by atoms with Gasteiger partial charge in [-0.05, 0) is 36.2 Å². The van der Waals surface area contributed by atoms with Gasteiger partial charge in [0, 0.05) is 18.2 Å². The molecule has 1 aliphatic heterocycles. The van der Waals surface area contributed by atoms with Crippen LogP contribution in [0, 0.1) is 0 Å². The number of benzene rings is 2. The summed E-state index contributed by atoms with van der Waals surface area (Å²) in [5.74, 6) is -0.273. The van der Waals surface area contributed by atoms with Gasteiger partial charge in [0.2, 0.25) is 10.0 Å². The molecule has 0 radical (unpaired) electrons. The molecule has 2 aromatic rings. The fraction of sp³-hybridized carbons (Fsp3) is 0.278. The Kier molecular flexibility index (Phi) is 5.64. The molecule has 1 fully saturated rings. The molecule has 0 aromatic heterocycles. The van der Waals surface area contributed by atoms with E-state index in [0.29, 0.717) is 17.5 Å². The van der Waals surface area contributed by atoms with E-state index in [2.05, 4.69) is 10.0 Å². The second-order valence-corrected chi connectivity index (χ2v) is 10.4. The summed E-state index contributed by atoms with van der Waals surface area (Å²) >= 11 is 0. The SMILES string of the molecule is O=C(NC1CCS(=O)(=O)C1)c1ccc(CNS(=O)(=O)c2ccccc2)cc1. The van der Waals surface area contributed by atoms with E-state index in [1.165, 1.54) is 12.1 Å². The molecular formula is C18H20N2O5S2. The summed E-state index contributed by atoms with van der Waals surface area (Å²) in [6.07, 6.45) is 0.424. The van der Waals surface area contributed by atoms with Crippen LogP contribution < -0.4 is 10.0 Å². The maximum atomic E-state index is 12.2. The van der Waals surface area contributed by atoms with Crippen LogP contribution in [0.25, 0.3) is 0 Å².